The zero-order valence-corrected chi connectivity index (χ0v) is 5.76. The van der Waals surface area contributed by atoms with Crippen molar-refractivity contribution in [2.75, 3.05) is 0 Å². The third-order valence-corrected chi connectivity index (χ3v) is 0. The van der Waals surface area contributed by atoms with Gasteiger partial charge in [0.2, 0.25) is 0 Å². The first kappa shape index (κ1) is 30.5. The number of hydrogen-bond donors (Lipinski definition) is 0. The Labute approximate surface area is 80.2 Å². The minimum Gasteiger partial charge on any atom is 0 e. The van der Waals surface area contributed by atoms with Crippen LogP contribution >= 0.6 is 0 Å². The second kappa shape index (κ2) is 17.5. The molecule has 0 heterocycles. The molecule has 0 aromatic heterocycles. The summed E-state index contributed by atoms with van der Waals surface area (Å²) >= 11 is 0. The van der Waals surface area contributed by atoms with Crippen molar-refractivity contribution in [3.05, 3.63) is 0 Å². The Hall–Kier alpha value is 2.61. The molecule has 0 bridgehead atoms. The van der Waals surface area contributed by atoms with Crippen molar-refractivity contribution in [1.82, 2.24) is 0 Å². The standard InChI is InChI=1S/Co.In.HSe.Ti.3H/h;;1H;;;;. The van der Waals surface area contributed by atoms with Crippen molar-refractivity contribution in [2.24, 2.45) is 0 Å². The van der Waals surface area contributed by atoms with Gasteiger partial charge in [-0.1, -0.05) is 0 Å². The molecule has 0 fully saturated rings. The van der Waals surface area contributed by atoms with Crippen LogP contribution in [0, 0.1) is 0 Å². The third-order valence-electron chi connectivity index (χ3n) is 0. The van der Waals surface area contributed by atoms with Crippen molar-refractivity contribution in [3.63, 3.8) is 0 Å². The maximum atomic E-state index is 0. The summed E-state index contributed by atoms with van der Waals surface area (Å²) in [7, 11) is 0. The molecular formula is H4CoInSeTi. The summed E-state index contributed by atoms with van der Waals surface area (Å²) < 4.78 is 0. The molecule has 0 N–H and O–H groups in total. The van der Waals surface area contributed by atoms with Crippen molar-refractivity contribution >= 4 is 42.9 Å². The summed E-state index contributed by atoms with van der Waals surface area (Å²) in [5.41, 5.74) is 0. The van der Waals surface area contributed by atoms with Crippen molar-refractivity contribution in [1.29, 1.82) is 0 Å². The van der Waals surface area contributed by atoms with E-state index in [0.717, 1.165) is 0 Å². The topological polar surface area (TPSA) is 0 Å². The van der Waals surface area contributed by atoms with E-state index in [1.54, 1.807) is 0 Å². The van der Waals surface area contributed by atoms with Crippen LogP contribution in [0.5, 0.6) is 0 Å². The van der Waals surface area contributed by atoms with E-state index >= 15 is 0 Å². The Morgan fingerprint density at radius 3 is 1.00 bits per heavy atom. The van der Waals surface area contributed by atoms with E-state index in [2.05, 4.69) is 0 Å². The van der Waals surface area contributed by atoms with Crippen LogP contribution in [0.4, 0.5) is 0 Å². The molecule has 0 aliphatic heterocycles. The molecule has 4 heavy (non-hydrogen) atoms. The zero-order chi connectivity index (χ0) is 0. The molecule has 4 heteroatoms. The SMILES string of the molecule is [Co].[InH3].[SeH].[Ti]. The van der Waals surface area contributed by atoms with Crippen LogP contribution in [0.15, 0.2) is 0 Å². The Bertz CT molecular complexity index is 8.00. The first-order valence-corrected chi connectivity index (χ1v) is 0. The third kappa shape index (κ3) is 8.82. The molecule has 2 radical (unpaired) electrons. The molecule has 0 unspecified atom stereocenters. The van der Waals surface area contributed by atoms with Gasteiger partial charge in [-0.15, -0.1) is 0 Å². The summed E-state index contributed by atoms with van der Waals surface area (Å²) in [5.74, 6) is 0. The van der Waals surface area contributed by atoms with Gasteiger partial charge in [-0.25, -0.2) is 0 Å². The molecule has 0 aliphatic carbocycles. The van der Waals surface area contributed by atoms with E-state index < -0.39 is 0 Å². The Morgan fingerprint density at radius 2 is 1.00 bits per heavy atom. The van der Waals surface area contributed by atoms with Gasteiger partial charge in [0.25, 0.3) is 0 Å². The average Bonchev–Trinajstić information content (AvgIpc) is 0. The molecule has 0 saturated carbocycles. The van der Waals surface area contributed by atoms with Crippen LogP contribution in [-0.4, -0.2) is 42.9 Å². The van der Waals surface area contributed by atoms with Gasteiger partial charge in [-0.3, -0.25) is 0 Å². The molecule has 26 valence electrons. The molecular weight excluding hydrogens is 301 g/mol. The van der Waals surface area contributed by atoms with Gasteiger partial charge in [0.15, 0.2) is 0 Å². The van der Waals surface area contributed by atoms with Gasteiger partial charge in [0.05, 0.1) is 0 Å². The molecule has 0 nitrogen and oxygen atoms in total. The maximum Gasteiger partial charge on any atom is 0 e. The average molecular weight is 305 g/mol. The first-order valence-electron chi connectivity index (χ1n) is 0. The molecule has 0 rings (SSSR count). The van der Waals surface area contributed by atoms with Gasteiger partial charge < -0.3 is 0 Å². The van der Waals surface area contributed by atoms with Crippen molar-refractivity contribution < 1.29 is 38.5 Å². The largest absolute Gasteiger partial charge is 0 e. The fraction of sp³-hybridized carbons (Fsp3) is 0. The minimum absolute atomic E-state index is 0. The van der Waals surface area contributed by atoms with E-state index in [9.17, 15) is 0 Å². The zero-order valence-electron chi connectivity index (χ0n) is 1.28. The Kier molecular flexibility index (Phi) is 134. The molecule has 0 aromatic rings. The quantitative estimate of drug-likeness (QED) is 0.462. The fourth-order valence-corrected chi connectivity index (χ4v) is 0. The molecule has 0 spiro atoms. The number of rotatable bonds is 0. The van der Waals surface area contributed by atoms with Gasteiger partial charge in [0, 0.05) is 38.5 Å². The Morgan fingerprint density at radius 1 is 1.00 bits per heavy atom. The summed E-state index contributed by atoms with van der Waals surface area (Å²) in [6.07, 6.45) is 0. The summed E-state index contributed by atoms with van der Waals surface area (Å²) in [6.45, 7) is 0. The predicted octanol–water partition coefficient (Wildman–Crippen LogP) is -1.84. The second-order valence-corrected chi connectivity index (χ2v) is 0. The van der Waals surface area contributed by atoms with Crippen molar-refractivity contribution in [3.8, 4) is 0 Å². The van der Waals surface area contributed by atoms with Crippen LogP contribution in [0.2, 0.25) is 0 Å². The fourth-order valence-electron chi connectivity index (χ4n) is 0. The van der Waals surface area contributed by atoms with Crippen LogP contribution in [-0.2, 0) is 38.5 Å². The molecule has 0 amide bonds. The maximum absolute atomic E-state index is 0. The van der Waals surface area contributed by atoms with E-state index in [1.807, 2.05) is 0 Å². The van der Waals surface area contributed by atoms with Gasteiger partial charge in [0.1, 0.15) is 0 Å². The molecule has 0 atom stereocenters. The monoisotopic (exact) mass is 306 g/mol. The molecule has 0 aliphatic rings. The van der Waals surface area contributed by atoms with Gasteiger partial charge in [-0.05, 0) is 0 Å². The second-order valence-electron chi connectivity index (χ2n) is 0. The van der Waals surface area contributed by atoms with Crippen LogP contribution in [0.25, 0.3) is 0 Å². The minimum atomic E-state index is 0. The molecule has 0 saturated heterocycles. The summed E-state index contributed by atoms with van der Waals surface area (Å²) in [5, 5.41) is 0. The van der Waals surface area contributed by atoms with Crippen LogP contribution < -0.4 is 0 Å². The summed E-state index contributed by atoms with van der Waals surface area (Å²) in [6, 6.07) is 0. The van der Waals surface area contributed by atoms with Gasteiger partial charge >= 0.3 is 42.9 Å². The smallest absolute Gasteiger partial charge is 0 e. The number of hydrogen-bond acceptors (Lipinski definition) is 0. The van der Waals surface area contributed by atoms with Crippen LogP contribution in [0.1, 0.15) is 0 Å². The normalized spacial score (nSPS) is 0. The summed E-state index contributed by atoms with van der Waals surface area (Å²) in [4.78, 5) is 0. The predicted molar refractivity (Wildman–Crippen MR) is 17.1 cm³/mol. The Balaban J connectivity index is 0. The van der Waals surface area contributed by atoms with E-state index in [4.69, 9.17) is 0 Å². The first-order chi connectivity index (χ1) is 0. The van der Waals surface area contributed by atoms with Crippen LogP contribution in [0.3, 0.4) is 0 Å². The van der Waals surface area contributed by atoms with Crippen molar-refractivity contribution in [2.45, 2.75) is 0 Å². The van der Waals surface area contributed by atoms with E-state index in [-0.39, 0.29) is 81.4 Å². The van der Waals surface area contributed by atoms with E-state index in [0.29, 0.717) is 0 Å². The molecule has 0 aromatic carbocycles. The van der Waals surface area contributed by atoms with E-state index in [1.165, 1.54) is 0 Å². The van der Waals surface area contributed by atoms with Gasteiger partial charge in [-0.2, -0.15) is 0 Å².